The van der Waals surface area contributed by atoms with E-state index in [0.29, 0.717) is 11.6 Å². The third-order valence-corrected chi connectivity index (χ3v) is 4.04. The lowest BCUT2D eigenvalue weighted by Gasteiger charge is -2.32. The molecule has 104 valence electrons. The van der Waals surface area contributed by atoms with Gasteiger partial charge in [-0.25, -0.2) is 0 Å². The second-order valence-corrected chi connectivity index (χ2v) is 5.28. The molecule has 1 aliphatic heterocycles. The van der Waals surface area contributed by atoms with Gasteiger partial charge in [0, 0.05) is 13.1 Å². The fourth-order valence-corrected chi connectivity index (χ4v) is 2.91. The lowest BCUT2D eigenvalue weighted by Crippen LogP contribution is -2.38. The van der Waals surface area contributed by atoms with E-state index in [4.69, 9.17) is 0 Å². The number of rotatable bonds is 2. The zero-order chi connectivity index (χ0) is 13.9. The number of carbonyl (C=O) groups excluding carboxylic acids is 1. The average molecular weight is 270 g/mol. The van der Waals surface area contributed by atoms with Crippen molar-refractivity contribution in [3.8, 4) is 0 Å². The summed E-state index contributed by atoms with van der Waals surface area (Å²) in [5.41, 5.74) is 3.16. The van der Waals surface area contributed by atoms with Gasteiger partial charge in [-0.2, -0.15) is 15.4 Å². The van der Waals surface area contributed by atoms with Crippen LogP contribution in [0.2, 0.25) is 0 Å². The van der Waals surface area contributed by atoms with Crippen LogP contribution in [0.3, 0.4) is 0 Å². The van der Waals surface area contributed by atoms with E-state index in [1.165, 1.54) is 17.3 Å². The number of nitrogens with one attached hydrogen (secondary N) is 1. The van der Waals surface area contributed by atoms with E-state index < -0.39 is 0 Å². The van der Waals surface area contributed by atoms with Crippen molar-refractivity contribution in [3.05, 3.63) is 47.3 Å². The highest BCUT2D eigenvalue weighted by atomic mass is 16.2. The number of amides is 1. The van der Waals surface area contributed by atoms with Crippen LogP contribution in [0.4, 0.5) is 0 Å². The molecule has 3 rings (SSSR count). The summed E-state index contributed by atoms with van der Waals surface area (Å²) < 4.78 is 0. The van der Waals surface area contributed by atoms with Gasteiger partial charge in [-0.1, -0.05) is 24.3 Å². The van der Waals surface area contributed by atoms with Crippen LogP contribution in [-0.4, -0.2) is 39.3 Å². The van der Waals surface area contributed by atoms with Crippen molar-refractivity contribution in [2.75, 3.05) is 13.1 Å². The molecule has 1 aromatic carbocycles. The molecular formula is C15H18N4O. The molecule has 2 aromatic rings. The van der Waals surface area contributed by atoms with Crippen LogP contribution >= 0.6 is 0 Å². The largest absolute Gasteiger partial charge is 0.337 e. The van der Waals surface area contributed by atoms with Crippen LogP contribution in [0.25, 0.3) is 0 Å². The fourth-order valence-electron chi connectivity index (χ4n) is 2.91. The third kappa shape index (κ3) is 2.43. The van der Waals surface area contributed by atoms with Gasteiger partial charge in [0.2, 0.25) is 0 Å². The van der Waals surface area contributed by atoms with E-state index in [-0.39, 0.29) is 5.91 Å². The number of hydrogen-bond donors (Lipinski definition) is 1. The number of aryl methyl sites for hydroxylation is 1. The first-order chi connectivity index (χ1) is 9.75. The molecule has 1 N–H and O–H groups in total. The second-order valence-electron chi connectivity index (χ2n) is 5.28. The molecule has 0 saturated carbocycles. The van der Waals surface area contributed by atoms with E-state index in [0.717, 1.165) is 25.9 Å². The third-order valence-electron chi connectivity index (χ3n) is 4.04. The standard InChI is InChI=1S/C15H18N4O/c1-11-4-2-3-5-13(11)12-6-8-19(9-7-12)15(20)14-10-16-18-17-14/h2-5,10,12H,6-9H2,1H3,(H,16,17,18). The van der Waals surface area contributed by atoms with Crippen molar-refractivity contribution in [3.63, 3.8) is 0 Å². The second kappa shape index (κ2) is 5.45. The number of benzene rings is 1. The normalized spacial score (nSPS) is 16.4. The van der Waals surface area contributed by atoms with Crippen LogP contribution in [-0.2, 0) is 0 Å². The number of hydrogen-bond acceptors (Lipinski definition) is 3. The number of nitrogens with zero attached hydrogens (tertiary/aromatic N) is 3. The molecule has 5 nitrogen and oxygen atoms in total. The van der Waals surface area contributed by atoms with E-state index >= 15 is 0 Å². The quantitative estimate of drug-likeness (QED) is 0.909. The van der Waals surface area contributed by atoms with E-state index in [9.17, 15) is 4.79 Å². The first-order valence-corrected chi connectivity index (χ1v) is 6.96. The maximum absolute atomic E-state index is 12.2. The first-order valence-electron chi connectivity index (χ1n) is 6.96. The Kier molecular flexibility index (Phi) is 3.50. The van der Waals surface area contributed by atoms with Gasteiger partial charge in [-0.05, 0) is 36.8 Å². The number of piperidine rings is 1. The summed E-state index contributed by atoms with van der Waals surface area (Å²) in [6.07, 6.45) is 3.50. The molecule has 0 bridgehead atoms. The smallest absolute Gasteiger partial charge is 0.276 e. The van der Waals surface area contributed by atoms with Crippen molar-refractivity contribution in [2.24, 2.45) is 0 Å². The Morgan fingerprint density at radius 2 is 2.05 bits per heavy atom. The SMILES string of the molecule is Cc1ccccc1C1CCN(C(=O)c2cn[nH]n2)CC1. The summed E-state index contributed by atoms with van der Waals surface area (Å²) in [7, 11) is 0. The minimum Gasteiger partial charge on any atom is -0.337 e. The van der Waals surface area contributed by atoms with E-state index in [2.05, 4.69) is 46.6 Å². The minimum absolute atomic E-state index is 0.0259. The van der Waals surface area contributed by atoms with Gasteiger partial charge in [0.05, 0.1) is 6.20 Å². The molecule has 1 aromatic heterocycles. The highest BCUT2D eigenvalue weighted by Gasteiger charge is 2.26. The van der Waals surface area contributed by atoms with Gasteiger partial charge < -0.3 is 4.90 Å². The molecule has 0 unspecified atom stereocenters. The fraction of sp³-hybridized carbons (Fsp3) is 0.400. The van der Waals surface area contributed by atoms with Crippen molar-refractivity contribution in [1.29, 1.82) is 0 Å². The van der Waals surface area contributed by atoms with Crippen molar-refractivity contribution in [2.45, 2.75) is 25.7 Å². The predicted octanol–water partition coefficient (Wildman–Crippen LogP) is 2.13. The van der Waals surface area contributed by atoms with Gasteiger partial charge in [0.15, 0.2) is 5.69 Å². The molecule has 20 heavy (non-hydrogen) atoms. The highest BCUT2D eigenvalue weighted by Crippen LogP contribution is 2.30. The molecule has 0 aliphatic carbocycles. The molecule has 1 amide bonds. The van der Waals surface area contributed by atoms with Crippen LogP contribution in [0, 0.1) is 6.92 Å². The number of aromatic nitrogens is 3. The Labute approximate surface area is 118 Å². The zero-order valence-corrected chi connectivity index (χ0v) is 11.5. The van der Waals surface area contributed by atoms with Gasteiger partial charge in [0.1, 0.15) is 0 Å². The summed E-state index contributed by atoms with van der Waals surface area (Å²) in [4.78, 5) is 14.0. The summed E-state index contributed by atoms with van der Waals surface area (Å²) >= 11 is 0. The van der Waals surface area contributed by atoms with Gasteiger partial charge in [-0.3, -0.25) is 4.79 Å². The van der Waals surface area contributed by atoms with Gasteiger partial charge >= 0.3 is 0 Å². The Morgan fingerprint density at radius 1 is 1.30 bits per heavy atom. The summed E-state index contributed by atoms with van der Waals surface area (Å²) in [5.74, 6) is 0.527. The van der Waals surface area contributed by atoms with Crippen LogP contribution < -0.4 is 0 Å². The maximum Gasteiger partial charge on any atom is 0.276 e. The molecule has 1 aliphatic rings. The van der Waals surface area contributed by atoms with Crippen LogP contribution in [0.15, 0.2) is 30.5 Å². The predicted molar refractivity (Wildman–Crippen MR) is 75.4 cm³/mol. The molecular weight excluding hydrogens is 252 g/mol. The monoisotopic (exact) mass is 270 g/mol. The number of carbonyl (C=O) groups is 1. The molecule has 0 spiro atoms. The van der Waals surface area contributed by atoms with Crippen LogP contribution in [0.1, 0.15) is 40.4 Å². The Morgan fingerprint density at radius 3 is 2.70 bits per heavy atom. The minimum atomic E-state index is -0.0259. The Bertz CT molecular complexity index is 586. The van der Waals surface area contributed by atoms with Gasteiger partial charge in [-0.15, -0.1) is 0 Å². The summed E-state index contributed by atoms with van der Waals surface area (Å²) in [5, 5.41) is 10.0. The maximum atomic E-state index is 12.2. The van der Waals surface area contributed by atoms with Gasteiger partial charge in [0.25, 0.3) is 5.91 Å². The van der Waals surface area contributed by atoms with Crippen molar-refractivity contribution >= 4 is 5.91 Å². The van der Waals surface area contributed by atoms with E-state index in [1.807, 2.05) is 4.90 Å². The molecule has 2 heterocycles. The van der Waals surface area contributed by atoms with Crippen LogP contribution in [0.5, 0.6) is 0 Å². The lowest BCUT2D eigenvalue weighted by atomic mass is 9.87. The lowest BCUT2D eigenvalue weighted by molar-refractivity contribution is 0.0707. The summed E-state index contributed by atoms with van der Waals surface area (Å²) in [6.45, 7) is 3.72. The Balaban J connectivity index is 1.65. The number of H-pyrrole nitrogens is 1. The average Bonchev–Trinajstić information content (AvgIpc) is 3.01. The molecule has 1 saturated heterocycles. The zero-order valence-electron chi connectivity index (χ0n) is 11.5. The first kappa shape index (κ1) is 12.8. The number of aromatic amines is 1. The molecule has 1 fully saturated rings. The number of likely N-dealkylation sites (tertiary alicyclic amines) is 1. The highest BCUT2D eigenvalue weighted by molar-refractivity contribution is 5.91. The summed E-state index contributed by atoms with van der Waals surface area (Å²) in [6, 6.07) is 8.52. The molecule has 0 atom stereocenters. The Hall–Kier alpha value is -2.17. The topological polar surface area (TPSA) is 61.9 Å². The van der Waals surface area contributed by atoms with Crippen molar-refractivity contribution < 1.29 is 4.79 Å². The van der Waals surface area contributed by atoms with E-state index in [1.54, 1.807) is 0 Å². The molecule has 5 heteroatoms. The van der Waals surface area contributed by atoms with Crippen molar-refractivity contribution in [1.82, 2.24) is 20.3 Å². The molecule has 0 radical (unpaired) electrons.